The van der Waals surface area contributed by atoms with Crippen molar-refractivity contribution in [2.24, 2.45) is 0 Å². The van der Waals surface area contributed by atoms with Crippen LogP contribution >= 0.6 is 0 Å². The molecule has 0 bridgehead atoms. The Labute approximate surface area is 81.3 Å². The molecule has 2 N–H and O–H groups in total. The summed E-state index contributed by atoms with van der Waals surface area (Å²) >= 11 is 0. The Hall–Kier alpha value is -1.84. The summed E-state index contributed by atoms with van der Waals surface area (Å²) in [4.78, 5) is 11.5. The highest BCUT2D eigenvalue weighted by Crippen LogP contribution is 2.12. The van der Waals surface area contributed by atoms with Crippen molar-refractivity contribution < 1.29 is 4.79 Å². The zero-order valence-electron chi connectivity index (χ0n) is 7.87. The van der Waals surface area contributed by atoms with Crippen molar-refractivity contribution in [3.8, 4) is 0 Å². The highest BCUT2D eigenvalue weighted by molar-refractivity contribution is 5.97. The van der Waals surface area contributed by atoms with E-state index in [1.54, 1.807) is 18.3 Å². The molecule has 0 aliphatic carbocycles. The summed E-state index contributed by atoms with van der Waals surface area (Å²) in [6, 6.07) is 5.47. The molecule has 1 heterocycles. The number of rotatable bonds is 2. The van der Waals surface area contributed by atoms with Crippen molar-refractivity contribution in [1.29, 1.82) is 0 Å². The average molecular weight is 189 g/mol. The first kappa shape index (κ1) is 8.74. The lowest BCUT2D eigenvalue weighted by atomic mass is 10.1. The zero-order chi connectivity index (χ0) is 9.97. The van der Waals surface area contributed by atoms with Crippen LogP contribution in [-0.2, 0) is 0 Å². The van der Waals surface area contributed by atoms with Crippen molar-refractivity contribution in [3.05, 3.63) is 30.0 Å². The van der Waals surface area contributed by atoms with Gasteiger partial charge in [-0.05, 0) is 19.1 Å². The second kappa shape index (κ2) is 3.49. The maximum absolute atomic E-state index is 11.5. The van der Waals surface area contributed by atoms with E-state index in [-0.39, 0.29) is 5.91 Å². The van der Waals surface area contributed by atoms with Crippen LogP contribution in [0.25, 0.3) is 10.9 Å². The minimum atomic E-state index is -0.0519. The van der Waals surface area contributed by atoms with Gasteiger partial charge in [-0.3, -0.25) is 9.89 Å². The van der Waals surface area contributed by atoms with Gasteiger partial charge in [0.05, 0.1) is 11.7 Å². The van der Waals surface area contributed by atoms with Gasteiger partial charge in [0.2, 0.25) is 0 Å². The van der Waals surface area contributed by atoms with Crippen LogP contribution in [0.1, 0.15) is 17.3 Å². The molecule has 0 aliphatic rings. The van der Waals surface area contributed by atoms with Gasteiger partial charge in [0.15, 0.2) is 0 Å². The normalized spacial score (nSPS) is 10.4. The summed E-state index contributed by atoms with van der Waals surface area (Å²) in [6.07, 6.45) is 1.73. The average Bonchev–Trinajstić information content (AvgIpc) is 2.64. The van der Waals surface area contributed by atoms with Crippen LogP contribution in [0.4, 0.5) is 0 Å². The zero-order valence-corrected chi connectivity index (χ0v) is 7.87. The van der Waals surface area contributed by atoms with Gasteiger partial charge in [-0.2, -0.15) is 5.10 Å². The topological polar surface area (TPSA) is 57.8 Å². The second-order valence-electron chi connectivity index (χ2n) is 3.03. The molecule has 0 radical (unpaired) electrons. The third kappa shape index (κ3) is 1.46. The number of nitrogens with one attached hydrogen (secondary N) is 2. The smallest absolute Gasteiger partial charge is 0.251 e. The van der Waals surface area contributed by atoms with E-state index in [1.165, 1.54) is 0 Å². The van der Waals surface area contributed by atoms with E-state index in [0.717, 1.165) is 10.9 Å². The van der Waals surface area contributed by atoms with Gasteiger partial charge in [-0.15, -0.1) is 0 Å². The summed E-state index contributed by atoms with van der Waals surface area (Å²) < 4.78 is 0. The number of hydrogen-bond acceptors (Lipinski definition) is 2. The van der Waals surface area contributed by atoms with Crippen LogP contribution in [0, 0.1) is 0 Å². The Bertz CT molecular complexity index is 461. The Kier molecular flexibility index (Phi) is 2.18. The summed E-state index contributed by atoms with van der Waals surface area (Å²) in [5, 5.41) is 10.5. The second-order valence-corrected chi connectivity index (χ2v) is 3.03. The number of H-pyrrole nitrogens is 1. The molecule has 14 heavy (non-hydrogen) atoms. The summed E-state index contributed by atoms with van der Waals surface area (Å²) in [6.45, 7) is 2.53. The maximum atomic E-state index is 11.5. The quantitative estimate of drug-likeness (QED) is 0.748. The van der Waals surface area contributed by atoms with Crippen molar-refractivity contribution in [1.82, 2.24) is 15.5 Å². The van der Waals surface area contributed by atoms with Gasteiger partial charge in [-0.1, -0.05) is 6.07 Å². The van der Waals surface area contributed by atoms with Crippen LogP contribution in [0.2, 0.25) is 0 Å². The number of carbonyl (C=O) groups is 1. The Balaban J connectivity index is 2.38. The number of aromatic nitrogens is 2. The predicted molar refractivity (Wildman–Crippen MR) is 54.1 cm³/mol. The van der Waals surface area contributed by atoms with Gasteiger partial charge in [0.25, 0.3) is 5.91 Å². The largest absolute Gasteiger partial charge is 0.352 e. The Morgan fingerprint density at radius 1 is 1.57 bits per heavy atom. The first-order chi connectivity index (χ1) is 6.81. The Morgan fingerprint density at radius 2 is 2.43 bits per heavy atom. The molecule has 0 fully saturated rings. The molecule has 0 spiro atoms. The van der Waals surface area contributed by atoms with E-state index in [9.17, 15) is 4.79 Å². The van der Waals surface area contributed by atoms with Gasteiger partial charge in [0.1, 0.15) is 0 Å². The van der Waals surface area contributed by atoms with Crippen LogP contribution in [0.15, 0.2) is 24.4 Å². The third-order valence-corrected chi connectivity index (χ3v) is 2.04. The van der Waals surface area contributed by atoms with Crippen LogP contribution in [-0.4, -0.2) is 22.6 Å². The number of fused-ring (bicyclic) bond motifs is 1. The van der Waals surface area contributed by atoms with Crippen LogP contribution in [0.5, 0.6) is 0 Å². The summed E-state index contributed by atoms with van der Waals surface area (Å²) in [5.41, 5.74) is 1.54. The summed E-state index contributed by atoms with van der Waals surface area (Å²) in [7, 11) is 0. The van der Waals surface area contributed by atoms with E-state index in [4.69, 9.17) is 0 Å². The molecule has 4 heteroatoms. The van der Waals surface area contributed by atoms with E-state index in [0.29, 0.717) is 12.1 Å². The molecule has 4 nitrogen and oxygen atoms in total. The van der Waals surface area contributed by atoms with Gasteiger partial charge < -0.3 is 5.32 Å². The van der Waals surface area contributed by atoms with E-state index in [2.05, 4.69) is 15.5 Å². The lowest BCUT2D eigenvalue weighted by Gasteiger charge is -2.01. The van der Waals surface area contributed by atoms with Crippen molar-refractivity contribution >= 4 is 16.8 Å². The SMILES string of the molecule is CCNC(=O)c1ccc2cn[nH]c2c1. The standard InChI is InChI=1S/C10H11N3O/c1-2-11-10(14)7-3-4-8-6-12-13-9(8)5-7/h3-6H,2H2,1H3,(H,11,14)(H,12,13). The first-order valence-corrected chi connectivity index (χ1v) is 4.52. The molecule has 0 saturated heterocycles. The van der Waals surface area contributed by atoms with Crippen molar-refractivity contribution in [3.63, 3.8) is 0 Å². The molecular formula is C10H11N3O. The first-order valence-electron chi connectivity index (χ1n) is 4.52. The number of hydrogen-bond donors (Lipinski definition) is 2. The lowest BCUT2D eigenvalue weighted by Crippen LogP contribution is -2.22. The highest BCUT2D eigenvalue weighted by Gasteiger charge is 2.04. The maximum Gasteiger partial charge on any atom is 0.251 e. The van der Waals surface area contributed by atoms with Gasteiger partial charge in [0, 0.05) is 17.5 Å². The number of aromatic amines is 1. The fraction of sp³-hybridized carbons (Fsp3) is 0.200. The molecule has 1 aromatic carbocycles. The summed E-state index contributed by atoms with van der Waals surface area (Å²) in [5.74, 6) is -0.0519. The van der Waals surface area contributed by atoms with E-state index in [1.807, 2.05) is 13.0 Å². The highest BCUT2D eigenvalue weighted by atomic mass is 16.1. The molecule has 0 unspecified atom stereocenters. The minimum Gasteiger partial charge on any atom is -0.352 e. The number of amides is 1. The van der Waals surface area contributed by atoms with Crippen molar-refractivity contribution in [2.45, 2.75) is 6.92 Å². The molecule has 72 valence electrons. The van der Waals surface area contributed by atoms with Crippen LogP contribution in [0.3, 0.4) is 0 Å². The van der Waals surface area contributed by atoms with Crippen LogP contribution < -0.4 is 5.32 Å². The molecule has 2 aromatic rings. The number of nitrogens with zero attached hydrogens (tertiary/aromatic N) is 1. The Morgan fingerprint density at radius 3 is 3.21 bits per heavy atom. The fourth-order valence-electron chi connectivity index (χ4n) is 1.34. The number of benzene rings is 1. The lowest BCUT2D eigenvalue weighted by molar-refractivity contribution is 0.0956. The molecule has 0 saturated carbocycles. The van der Waals surface area contributed by atoms with Crippen molar-refractivity contribution in [2.75, 3.05) is 6.54 Å². The molecule has 2 rings (SSSR count). The third-order valence-electron chi connectivity index (χ3n) is 2.04. The molecule has 1 aromatic heterocycles. The number of carbonyl (C=O) groups excluding carboxylic acids is 1. The van der Waals surface area contributed by atoms with E-state index < -0.39 is 0 Å². The van der Waals surface area contributed by atoms with Gasteiger partial charge in [-0.25, -0.2) is 0 Å². The molecule has 0 aliphatic heterocycles. The molecule has 1 amide bonds. The predicted octanol–water partition coefficient (Wildman–Crippen LogP) is 1.31. The molecular weight excluding hydrogens is 178 g/mol. The van der Waals surface area contributed by atoms with E-state index >= 15 is 0 Å². The minimum absolute atomic E-state index is 0.0519. The monoisotopic (exact) mass is 189 g/mol. The molecule has 0 atom stereocenters. The van der Waals surface area contributed by atoms with Gasteiger partial charge >= 0.3 is 0 Å². The fourth-order valence-corrected chi connectivity index (χ4v) is 1.34.